The van der Waals surface area contributed by atoms with E-state index in [-0.39, 0.29) is 24.8 Å². The Morgan fingerprint density at radius 1 is 1.07 bits per heavy atom. The number of hydrogen-bond acceptors (Lipinski definition) is 3. The summed E-state index contributed by atoms with van der Waals surface area (Å²) in [6.07, 6.45) is 4.65. The van der Waals surface area contributed by atoms with E-state index < -0.39 is 0 Å². The van der Waals surface area contributed by atoms with Crippen molar-refractivity contribution in [3.63, 3.8) is 0 Å². The van der Waals surface area contributed by atoms with E-state index in [0.717, 1.165) is 19.6 Å². The van der Waals surface area contributed by atoms with E-state index in [2.05, 4.69) is 17.3 Å². The van der Waals surface area contributed by atoms with E-state index in [1.165, 1.54) is 25.8 Å². The number of ether oxygens (including phenoxy) is 1. The lowest BCUT2D eigenvalue weighted by Crippen LogP contribution is -2.35. The molecule has 0 bridgehead atoms. The van der Waals surface area contributed by atoms with Crippen molar-refractivity contribution < 1.29 is 4.74 Å². The van der Waals surface area contributed by atoms with Gasteiger partial charge in [0, 0.05) is 13.1 Å². The number of halogens is 2. The molecule has 2 rings (SSSR count). The molecule has 0 amide bonds. The predicted octanol–water partition coefficient (Wildman–Crippen LogP) is 1.30. The van der Waals surface area contributed by atoms with Crippen molar-refractivity contribution in [1.82, 2.24) is 10.2 Å². The monoisotopic (exact) mass is 256 g/mol. The topological polar surface area (TPSA) is 24.5 Å². The molecule has 0 spiro atoms. The Balaban J connectivity index is 0.000000980. The van der Waals surface area contributed by atoms with Gasteiger partial charge in [-0.25, -0.2) is 0 Å². The maximum atomic E-state index is 6.04. The van der Waals surface area contributed by atoms with Crippen LogP contribution in [0.25, 0.3) is 0 Å². The highest BCUT2D eigenvalue weighted by molar-refractivity contribution is 5.85. The first-order valence-electron chi connectivity index (χ1n) is 5.39. The zero-order valence-electron chi connectivity index (χ0n) is 9.28. The van der Waals surface area contributed by atoms with Gasteiger partial charge in [0.15, 0.2) is 0 Å². The summed E-state index contributed by atoms with van der Waals surface area (Å²) in [5.41, 5.74) is 0. The summed E-state index contributed by atoms with van der Waals surface area (Å²) >= 11 is 0. The molecule has 2 heterocycles. The number of hydrogen-bond donors (Lipinski definition) is 1. The van der Waals surface area contributed by atoms with Gasteiger partial charge in [0.1, 0.15) is 0 Å². The lowest BCUT2D eigenvalue weighted by Gasteiger charge is -2.26. The van der Waals surface area contributed by atoms with Crippen molar-refractivity contribution in [2.75, 3.05) is 33.2 Å². The van der Waals surface area contributed by atoms with Gasteiger partial charge in [0.25, 0.3) is 0 Å². The molecule has 0 radical (unpaired) electrons. The summed E-state index contributed by atoms with van der Waals surface area (Å²) in [4.78, 5) is 2.35. The van der Waals surface area contributed by atoms with Crippen LogP contribution in [0.2, 0.25) is 0 Å². The molecule has 3 nitrogen and oxygen atoms in total. The summed E-state index contributed by atoms with van der Waals surface area (Å²) in [5.74, 6) is 0. The minimum atomic E-state index is 0. The molecule has 1 N–H and O–H groups in total. The first kappa shape index (κ1) is 15.5. The number of likely N-dealkylation sites (N-methyl/N-ethyl adjacent to an activating group) is 1. The van der Waals surface area contributed by atoms with Gasteiger partial charge in [0.05, 0.1) is 12.2 Å². The fourth-order valence-electron chi connectivity index (χ4n) is 2.21. The van der Waals surface area contributed by atoms with Crippen LogP contribution >= 0.6 is 24.8 Å². The first-order valence-corrected chi connectivity index (χ1v) is 5.39. The van der Waals surface area contributed by atoms with Crippen molar-refractivity contribution in [2.45, 2.75) is 31.5 Å². The van der Waals surface area contributed by atoms with Crippen LogP contribution in [0.4, 0.5) is 0 Å². The van der Waals surface area contributed by atoms with Crippen molar-refractivity contribution >= 4 is 24.8 Å². The number of piperidine rings is 1. The Kier molecular flexibility index (Phi) is 7.92. The summed E-state index contributed by atoms with van der Waals surface area (Å²) < 4.78 is 6.04. The minimum absolute atomic E-state index is 0. The third kappa shape index (κ3) is 4.87. The molecule has 2 aliphatic heterocycles. The quantitative estimate of drug-likeness (QED) is 0.807. The predicted molar refractivity (Wildman–Crippen MR) is 67.4 cm³/mol. The van der Waals surface area contributed by atoms with Crippen molar-refractivity contribution in [1.29, 1.82) is 0 Å². The Morgan fingerprint density at radius 2 is 1.73 bits per heavy atom. The highest BCUT2D eigenvalue weighted by Crippen LogP contribution is 2.16. The Hall–Kier alpha value is 0.460. The summed E-state index contributed by atoms with van der Waals surface area (Å²) in [6.45, 7) is 4.60. The molecule has 5 heteroatoms. The molecule has 0 unspecified atom stereocenters. The van der Waals surface area contributed by atoms with Crippen molar-refractivity contribution in [3.8, 4) is 0 Å². The van der Waals surface area contributed by atoms with Crippen LogP contribution in [0.5, 0.6) is 0 Å². The van der Waals surface area contributed by atoms with E-state index in [1.54, 1.807) is 0 Å². The van der Waals surface area contributed by atoms with Crippen LogP contribution in [-0.2, 0) is 4.74 Å². The van der Waals surface area contributed by atoms with Gasteiger partial charge in [-0.05, 0) is 39.4 Å². The molecule has 0 aromatic heterocycles. The van der Waals surface area contributed by atoms with Crippen LogP contribution in [0, 0.1) is 0 Å². The number of nitrogens with one attached hydrogen (secondary N) is 1. The Labute approximate surface area is 105 Å². The largest absolute Gasteiger partial charge is 0.374 e. The average molecular weight is 257 g/mol. The molecule has 0 aromatic carbocycles. The third-order valence-corrected chi connectivity index (χ3v) is 3.02. The van der Waals surface area contributed by atoms with Crippen molar-refractivity contribution in [3.05, 3.63) is 0 Å². The fraction of sp³-hybridized carbons (Fsp3) is 1.00. The van der Waals surface area contributed by atoms with Gasteiger partial charge in [-0.3, -0.25) is 0 Å². The fourth-order valence-corrected chi connectivity index (χ4v) is 2.21. The SMILES string of the molecule is CN1CC[C@H](OC2CCNCC2)C1.Cl.Cl. The minimum Gasteiger partial charge on any atom is -0.374 e. The molecule has 92 valence electrons. The van der Waals surface area contributed by atoms with Gasteiger partial charge in [-0.15, -0.1) is 24.8 Å². The van der Waals surface area contributed by atoms with Crippen LogP contribution in [0.3, 0.4) is 0 Å². The molecular weight excluding hydrogens is 235 g/mol. The molecule has 2 aliphatic rings. The summed E-state index contributed by atoms with van der Waals surface area (Å²) in [7, 11) is 2.17. The Bertz CT molecular complexity index is 163. The lowest BCUT2D eigenvalue weighted by atomic mass is 10.1. The second-order valence-electron chi connectivity index (χ2n) is 4.26. The maximum absolute atomic E-state index is 6.04. The molecule has 0 aliphatic carbocycles. The van der Waals surface area contributed by atoms with E-state index in [0.29, 0.717) is 12.2 Å². The summed E-state index contributed by atoms with van der Waals surface area (Å²) in [6, 6.07) is 0. The number of rotatable bonds is 2. The smallest absolute Gasteiger partial charge is 0.0717 e. The third-order valence-electron chi connectivity index (χ3n) is 3.02. The van der Waals surface area contributed by atoms with Gasteiger partial charge in [-0.2, -0.15) is 0 Å². The lowest BCUT2D eigenvalue weighted by molar-refractivity contribution is -0.0197. The van der Waals surface area contributed by atoms with Gasteiger partial charge in [-0.1, -0.05) is 0 Å². The van der Waals surface area contributed by atoms with Crippen LogP contribution in [0.1, 0.15) is 19.3 Å². The van der Waals surface area contributed by atoms with Crippen LogP contribution in [-0.4, -0.2) is 50.3 Å². The van der Waals surface area contributed by atoms with Gasteiger partial charge >= 0.3 is 0 Å². The standard InChI is InChI=1S/C10H20N2O.2ClH/c1-12-7-4-10(8-12)13-9-2-5-11-6-3-9;;/h9-11H,2-8H2,1H3;2*1H/t10-;;/m0../s1. The number of likely N-dealkylation sites (tertiary alicyclic amines) is 1. The normalized spacial score (nSPS) is 28.2. The van der Waals surface area contributed by atoms with Gasteiger partial charge < -0.3 is 15.0 Å². The molecule has 1 atom stereocenters. The highest BCUT2D eigenvalue weighted by atomic mass is 35.5. The summed E-state index contributed by atoms with van der Waals surface area (Å²) in [5, 5.41) is 3.36. The molecule has 2 saturated heterocycles. The highest BCUT2D eigenvalue weighted by Gasteiger charge is 2.24. The van der Waals surface area contributed by atoms with E-state index in [1.807, 2.05) is 0 Å². The Morgan fingerprint density at radius 3 is 2.27 bits per heavy atom. The average Bonchev–Trinajstić information content (AvgIpc) is 2.53. The van der Waals surface area contributed by atoms with Gasteiger partial charge in [0.2, 0.25) is 0 Å². The molecule has 0 aromatic rings. The maximum Gasteiger partial charge on any atom is 0.0717 e. The second kappa shape index (κ2) is 7.69. The molecule has 2 fully saturated rings. The van der Waals surface area contributed by atoms with E-state index in [9.17, 15) is 0 Å². The molecule has 0 saturated carbocycles. The first-order chi connectivity index (χ1) is 6.34. The van der Waals surface area contributed by atoms with Crippen LogP contribution < -0.4 is 5.32 Å². The zero-order valence-corrected chi connectivity index (χ0v) is 10.9. The van der Waals surface area contributed by atoms with Crippen LogP contribution in [0.15, 0.2) is 0 Å². The zero-order chi connectivity index (χ0) is 9.10. The second-order valence-corrected chi connectivity index (χ2v) is 4.26. The molecule has 15 heavy (non-hydrogen) atoms. The number of nitrogens with zero attached hydrogens (tertiary/aromatic N) is 1. The van der Waals surface area contributed by atoms with Crippen molar-refractivity contribution in [2.24, 2.45) is 0 Å². The molecular formula is C10H22Cl2N2O. The van der Waals surface area contributed by atoms with E-state index in [4.69, 9.17) is 4.74 Å². The van der Waals surface area contributed by atoms with E-state index >= 15 is 0 Å².